The van der Waals surface area contributed by atoms with Crippen molar-refractivity contribution >= 4 is 5.97 Å². The van der Waals surface area contributed by atoms with Gasteiger partial charge in [0.2, 0.25) is 0 Å². The Kier molecular flexibility index (Phi) is 4.18. The lowest BCUT2D eigenvalue weighted by atomic mass is 9.97. The van der Waals surface area contributed by atoms with Crippen molar-refractivity contribution in [1.82, 2.24) is 4.90 Å². The fourth-order valence-electron chi connectivity index (χ4n) is 2.67. The lowest BCUT2D eigenvalue weighted by Crippen LogP contribution is -2.41. The Bertz CT molecular complexity index is 238. The van der Waals surface area contributed by atoms with E-state index in [1.165, 1.54) is 13.5 Å². The van der Waals surface area contributed by atoms with Crippen molar-refractivity contribution in [2.45, 2.75) is 19.3 Å². The minimum atomic E-state index is -0.0487. The molecule has 2 aliphatic rings. The van der Waals surface area contributed by atoms with E-state index in [9.17, 15) is 4.79 Å². The minimum Gasteiger partial charge on any atom is -0.469 e. The van der Waals surface area contributed by atoms with Crippen molar-refractivity contribution in [2.24, 2.45) is 11.8 Å². The number of methoxy groups -OCH3 is 1. The molecular weight excluding hydrogens is 206 g/mol. The second-order valence-corrected chi connectivity index (χ2v) is 4.85. The molecule has 0 bridgehead atoms. The second kappa shape index (κ2) is 5.64. The Balaban J connectivity index is 1.79. The van der Waals surface area contributed by atoms with E-state index in [0.29, 0.717) is 5.92 Å². The van der Waals surface area contributed by atoms with Gasteiger partial charge < -0.3 is 14.4 Å². The Morgan fingerprint density at radius 2 is 2.38 bits per heavy atom. The first-order valence-corrected chi connectivity index (χ1v) is 6.17. The van der Waals surface area contributed by atoms with Gasteiger partial charge in [0.15, 0.2) is 0 Å². The molecule has 4 nitrogen and oxygen atoms in total. The molecule has 0 N–H and O–H groups in total. The third kappa shape index (κ3) is 2.95. The molecule has 0 aromatic carbocycles. The van der Waals surface area contributed by atoms with Gasteiger partial charge in [-0.05, 0) is 31.7 Å². The maximum Gasteiger partial charge on any atom is 0.309 e. The van der Waals surface area contributed by atoms with E-state index in [2.05, 4.69) is 4.90 Å². The van der Waals surface area contributed by atoms with Crippen LogP contribution < -0.4 is 0 Å². The predicted octanol–water partition coefficient (Wildman–Crippen LogP) is 0.908. The van der Waals surface area contributed by atoms with Crippen LogP contribution in [0.1, 0.15) is 19.3 Å². The summed E-state index contributed by atoms with van der Waals surface area (Å²) in [6.45, 7) is 4.85. The molecule has 0 aromatic heterocycles. The topological polar surface area (TPSA) is 38.8 Å². The van der Waals surface area contributed by atoms with Crippen molar-refractivity contribution in [1.29, 1.82) is 0 Å². The summed E-state index contributed by atoms with van der Waals surface area (Å²) in [5.41, 5.74) is 0. The standard InChI is InChI=1S/C12H21NO3/c1-15-12(14)11-3-2-5-13(8-11)7-10-4-6-16-9-10/h10-11H,2-9H2,1H3. The molecule has 2 aliphatic heterocycles. The zero-order chi connectivity index (χ0) is 11.4. The van der Waals surface area contributed by atoms with Crippen LogP contribution in [0.15, 0.2) is 0 Å². The first-order valence-electron chi connectivity index (χ1n) is 6.17. The first-order chi connectivity index (χ1) is 7.79. The van der Waals surface area contributed by atoms with Crippen molar-refractivity contribution in [3.05, 3.63) is 0 Å². The number of nitrogens with zero attached hydrogens (tertiary/aromatic N) is 1. The summed E-state index contributed by atoms with van der Waals surface area (Å²) in [7, 11) is 1.48. The van der Waals surface area contributed by atoms with Gasteiger partial charge in [0.1, 0.15) is 0 Å². The number of hydrogen-bond donors (Lipinski definition) is 0. The number of ether oxygens (including phenoxy) is 2. The van der Waals surface area contributed by atoms with Crippen LogP contribution in [0.5, 0.6) is 0 Å². The molecule has 2 unspecified atom stereocenters. The number of likely N-dealkylation sites (tertiary alicyclic amines) is 1. The molecule has 0 aromatic rings. The van der Waals surface area contributed by atoms with Gasteiger partial charge in [-0.3, -0.25) is 4.79 Å². The highest BCUT2D eigenvalue weighted by atomic mass is 16.5. The van der Waals surface area contributed by atoms with Crippen LogP contribution in [0.3, 0.4) is 0 Å². The molecular formula is C12H21NO3. The van der Waals surface area contributed by atoms with Crippen molar-refractivity contribution in [3.8, 4) is 0 Å². The predicted molar refractivity (Wildman–Crippen MR) is 60.1 cm³/mol. The summed E-state index contributed by atoms with van der Waals surface area (Å²) in [5, 5.41) is 0. The normalized spacial score (nSPS) is 31.6. The largest absolute Gasteiger partial charge is 0.469 e. The maximum absolute atomic E-state index is 11.5. The van der Waals surface area contributed by atoms with E-state index in [0.717, 1.165) is 45.7 Å². The highest BCUT2D eigenvalue weighted by Gasteiger charge is 2.28. The molecule has 2 fully saturated rings. The molecule has 16 heavy (non-hydrogen) atoms. The third-order valence-corrected chi connectivity index (χ3v) is 3.58. The number of rotatable bonds is 3. The average molecular weight is 227 g/mol. The van der Waals surface area contributed by atoms with E-state index in [1.807, 2.05) is 0 Å². The van der Waals surface area contributed by atoms with Crippen molar-refractivity contribution in [3.63, 3.8) is 0 Å². The number of piperidine rings is 1. The third-order valence-electron chi connectivity index (χ3n) is 3.58. The Labute approximate surface area is 96.9 Å². The molecule has 0 saturated carbocycles. The van der Waals surface area contributed by atoms with E-state index < -0.39 is 0 Å². The van der Waals surface area contributed by atoms with Gasteiger partial charge in [0.25, 0.3) is 0 Å². The van der Waals surface area contributed by atoms with Crippen LogP contribution in [0.2, 0.25) is 0 Å². The Morgan fingerprint density at radius 3 is 3.06 bits per heavy atom. The van der Waals surface area contributed by atoms with Crippen LogP contribution in [0, 0.1) is 11.8 Å². The summed E-state index contributed by atoms with van der Waals surface area (Å²) in [6, 6.07) is 0. The Morgan fingerprint density at radius 1 is 1.50 bits per heavy atom. The van der Waals surface area contributed by atoms with E-state index in [1.54, 1.807) is 0 Å². The van der Waals surface area contributed by atoms with Crippen LogP contribution in [0.25, 0.3) is 0 Å². The minimum absolute atomic E-state index is 0.0487. The van der Waals surface area contributed by atoms with Crippen LogP contribution in [-0.4, -0.2) is 50.8 Å². The maximum atomic E-state index is 11.5. The van der Waals surface area contributed by atoms with Gasteiger partial charge in [-0.1, -0.05) is 0 Å². The summed E-state index contributed by atoms with van der Waals surface area (Å²) in [5.74, 6) is 0.699. The molecule has 2 saturated heterocycles. The molecule has 0 spiro atoms. The van der Waals surface area contributed by atoms with Crippen LogP contribution in [-0.2, 0) is 14.3 Å². The lowest BCUT2D eigenvalue weighted by Gasteiger charge is -2.32. The summed E-state index contributed by atoms with van der Waals surface area (Å²) < 4.78 is 10.2. The van der Waals surface area contributed by atoms with Gasteiger partial charge in [-0.2, -0.15) is 0 Å². The van der Waals surface area contributed by atoms with Crippen LogP contribution in [0.4, 0.5) is 0 Å². The molecule has 2 rings (SSSR count). The van der Waals surface area contributed by atoms with E-state index in [4.69, 9.17) is 9.47 Å². The molecule has 4 heteroatoms. The molecule has 0 aliphatic carbocycles. The zero-order valence-electron chi connectivity index (χ0n) is 9.98. The highest BCUT2D eigenvalue weighted by Crippen LogP contribution is 2.21. The van der Waals surface area contributed by atoms with Gasteiger partial charge in [0, 0.05) is 19.7 Å². The first kappa shape index (κ1) is 11.9. The highest BCUT2D eigenvalue weighted by molar-refractivity contribution is 5.72. The second-order valence-electron chi connectivity index (χ2n) is 4.85. The summed E-state index contributed by atoms with van der Waals surface area (Å²) >= 11 is 0. The smallest absolute Gasteiger partial charge is 0.309 e. The van der Waals surface area contributed by atoms with Gasteiger partial charge in [-0.15, -0.1) is 0 Å². The quantitative estimate of drug-likeness (QED) is 0.672. The molecule has 0 radical (unpaired) electrons. The average Bonchev–Trinajstić information content (AvgIpc) is 2.81. The molecule has 92 valence electrons. The number of esters is 1. The monoisotopic (exact) mass is 227 g/mol. The van der Waals surface area contributed by atoms with Crippen molar-refractivity contribution in [2.75, 3.05) is 40.0 Å². The van der Waals surface area contributed by atoms with Gasteiger partial charge >= 0.3 is 5.97 Å². The summed E-state index contributed by atoms with van der Waals surface area (Å²) in [4.78, 5) is 13.9. The zero-order valence-corrected chi connectivity index (χ0v) is 9.98. The number of hydrogen-bond acceptors (Lipinski definition) is 4. The molecule has 2 heterocycles. The van der Waals surface area contributed by atoms with E-state index >= 15 is 0 Å². The molecule has 2 atom stereocenters. The lowest BCUT2D eigenvalue weighted by molar-refractivity contribution is -0.147. The van der Waals surface area contributed by atoms with E-state index in [-0.39, 0.29) is 11.9 Å². The van der Waals surface area contributed by atoms with Crippen LogP contribution >= 0.6 is 0 Å². The van der Waals surface area contributed by atoms with Crippen molar-refractivity contribution < 1.29 is 14.3 Å². The summed E-state index contributed by atoms with van der Waals surface area (Å²) in [6.07, 6.45) is 3.25. The fraction of sp³-hybridized carbons (Fsp3) is 0.917. The fourth-order valence-corrected chi connectivity index (χ4v) is 2.67. The van der Waals surface area contributed by atoms with Gasteiger partial charge in [-0.25, -0.2) is 0 Å². The van der Waals surface area contributed by atoms with Gasteiger partial charge in [0.05, 0.1) is 19.6 Å². The molecule has 0 amide bonds. The SMILES string of the molecule is COC(=O)C1CCCN(CC2CCOC2)C1. The Hall–Kier alpha value is -0.610. The number of carbonyl (C=O) groups is 1. The number of carbonyl (C=O) groups excluding carboxylic acids is 1.